The summed E-state index contributed by atoms with van der Waals surface area (Å²) in [6.07, 6.45) is 3.50. The lowest BCUT2D eigenvalue weighted by Crippen LogP contribution is -2.27. The van der Waals surface area contributed by atoms with Gasteiger partial charge in [-0.3, -0.25) is 9.59 Å². The predicted molar refractivity (Wildman–Crippen MR) is 59.1 cm³/mol. The fraction of sp³-hybridized carbons (Fsp3) is 0.455. The average molecular weight is 210 g/mol. The molecule has 0 aromatic heterocycles. The number of hydrogen-bond donors (Lipinski definition) is 0. The van der Waals surface area contributed by atoms with Crippen LogP contribution >= 0.6 is 11.8 Å². The van der Waals surface area contributed by atoms with Crippen molar-refractivity contribution in [1.29, 1.82) is 0 Å². The zero-order valence-corrected chi connectivity index (χ0v) is 9.48. The van der Waals surface area contributed by atoms with Crippen LogP contribution in [0.25, 0.3) is 0 Å². The summed E-state index contributed by atoms with van der Waals surface area (Å²) < 4.78 is -0.686. The highest BCUT2D eigenvalue weighted by atomic mass is 32.2. The smallest absolute Gasteiger partial charge is 0.200 e. The highest BCUT2D eigenvalue weighted by Crippen LogP contribution is 2.41. The normalized spacial score (nSPS) is 33.6. The van der Waals surface area contributed by atoms with E-state index in [1.165, 1.54) is 0 Å². The summed E-state index contributed by atoms with van der Waals surface area (Å²) in [6.45, 7) is 8.95. The van der Waals surface area contributed by atoms with Crippen molar-refractivity contribution < 1.29 is 9.59 Å². The molecular weight excluding hydrogens is 196 g/mol. The van der Waals surface area contributed by atoms with Crippen molar-refractivity contribution in [2.75, 3.05) is 0 Å². The van der Waals surface area contributed by atoms with Gasteiger partial charge in [0.25, 0.3) is 0 Å². The van der Waals surface area contributed by atoms with Crippen molar-refractivity contribution in [2.24, 2.45) is 5.92 Å². The minimum atomic E-state index is -0.686. The molecule has 0 radical (unpaired) electrons. The maximum absolute atomic E-state index is 11.8. The van der Waals surface area contributed by atoms with Crippen LogP contribution in [0.15, 0.2) is 24.3 Å². The van der Waals surface area contributed by atoms with Crippen LogP contribution in [0.2, 0.25) is 0 Å². The molecule has 0 bridgehead atoms. The van der Waals surface area contributed by atoms with Crippen molar-refractivity contribution in [1.82, 2.24) is 0 Å². The predicted octanol–water partition coefficient (Wildman–Crippen LogP) is 2.36. The Morgan fingerprint density at radius 3 is 2.50 bits per heavy atom. The van der Waals surface area contributed by atoms with Gasteiger partial charge in [0, 0.05) is 0 Å². The summed E-state index contributed by atoms with van der Waals surface area (Å²) in [4.78, 5) is 23.1. The second-order valence-electron chi connectivity index (χ2n) is 3.71. The highest BCUT2D eigenvalue weighted by molar-refractivity contribution is 8.16. The molecule has 2 nitrogen and oxygen atoms in total. The average Bonchev–Trinajstić information content (AvgIpc) is 2.30. The van der Waals surface area contributed by atoms with Crippen molar-refractivity contribution in [2.45, 2.75) is 25.5 Å². The van der Waals surface area contributed by atoms with E-state index in [4.69, 9.17) is 0 Å². The molecule has 0 aliphatic carbocycles. The topological polar surface area (TPSA) is 34.1 Å². The van der Waals surface area contributed by atoms with Crippen molar-refractivity contribution in [3.8, 4) is 0 Å². The highest BCUT2D eigenvalue weighted by Gasteiger charge is 2.47. The molecule has 1 aliphatic rings. The molecule has 0 N–H and O–H groups in total. The van der Waals surface area contributed by atoms with Crippen molar-refractivity contribution in [3.63, 3.8) is 0 Å². The molecule has 1 saturated heterocycles. The molecule has 0 aromatic carbocycles. The van der Waals surface area contributed by atoms with Gasteiger partial charge in [-0.15, -0.1) is 0 Å². The van der Waals surface area contributed by atoms with Gasteiger partial charge >= 0.3 is 0 Å². The summed E-state index contributed by atoms with van der Waals surface area (Å²) in [5.41, 5.74) is 0.926. The molecule has 76 valence electrons. The van der Waals surface area contributed by atoms with Crippen LogP contribution < -0.4 is 0 Å². The van der Waals surface area contributed by atoms with Gasteiger partial charge in [-0.2, -0.15) is 0 Å². The first-order valence-electron chi connectivity index (χ1n) is 4.50. The molecule has 14 heavy (non-hydrogen) atoms. The third kappa shape index (κ3) is 1.82. The third-order valence-corrected chi connectivity index (χ3v) is 3.67. The van der Waals surface area contributed by atoms with E-state index in [0.29, 0.717) is 0 Å². The number of allylic oxidation sites excluding steroid dienone is 2. The Hall–Kier alpha value is -0.830. The van der Waals surface area contributed by atoms with Crippen LogP contribution in [0.1, 0.15) is 20.8 Å². The number of carbonyl (C=O) groups excluding carboxylic acids is 2. The monoisotopic (exact) mass is 210 g/mol. The first kappa shape index (κ1) is 11.2. The molecular formula is C11H14O2S. The number of hydrogen-bond acceptors (Lipinski definition) is 3. The zero-order valence-electron chi connectivity index (χ0n) is 8.66. The Balaban J connectivity index is 3.03. The second-order valence-corrected chi connectivity index (χ2v) is 5.16. The molecule has 0 amide bonds. The number of thioether (sulfide) groups is 1. The van der Waals surface area contributed by atoms with E-state index >= 15 is 0 Å². The molecule has 1 aliphatic heterocycles. The summed E-state index contributed by atoms with van der Waals surface area (Å²) in [5.74, 6) is -0.479. The van der Waals surface area contributed by atoms with Crippen LogP contribution in [0, 0.1) is 5.92 Å². The molecule has 1 fully saturated rings. The van der Waals surface area contributed by atoms with E-state index in [-0.39, 0.29) is 10.9 Å². The van der Waals surface area contributed by atoms with Crippen LogP contribution in [0.3, 0.4) is 0 Å². The van der Waals surface area contributed by atoms with E-state index in [9.17, 15) is 9.59 Å². The van der Waals surface area contributed by atoms with Gasteiger partial charge in [0.2, 0.25) is 0 Å². The Kier molecular flexibility index (Phi) is 3.00. The lowest BCUT2D eigenvalue weighted by molar-refractivity contribution is -0.126. The second kappa shape index (κ2) is 3.73. The van der Waals surface area contributed by atoms with Crippen LogP contribution in [0.5, 0.6) is 0 Å². The maximum Gasteiger partial charge on any atom is 0.200 e. The quantitative estimate of drug-likeness (QED) is 0.518. The Bertz CT molecular complexity index is 330. The first-order valence-corrected chi connectivity index (χ1v) is 5.31. The fourth-order valence-electron chi connectivity index (χ4n) is 1.48. The van der Waals surface area contributed by atoms with Crippen LogP contribution in [0.4, 0.5) is 0 Å². The van der Waals surface area contributed by atoms with Crippen molar-refractivity contribution in [3.05, 3.63) is 24.3 Å². The van der Waals surface area contributed by atoms with E-state index in [0.717, 1.165) is 17.3 Å². The standard InChI is InChI=1S/C11H14O2S/c1-5-7(2)6-11(4)9(12)8(3)10(13)14-11/h5-6,8H,1H2,2-4H3/b7-6+/t8?,11-/m0/s1. The van der Waals surface area contributed by atoms with Gasteiger partial charge in [0.1, 0.15) is 0 Å². The number of rotatable bonds is 2. The van der Waals surface area contributed by atoms with E-state index in [2.05, 4.69) is 6.58 Å². The van der Waals surface area contributed by atoms with Crippen LogP contribution in [-0.2, 0) is 9.59 Å². The minimum Gasteiger partial charge on any atom is -0.297 e. The number of carbonyl (C=O) groups is 2. The number of ketones is 1. The molecule has 0 aromatic rings. The summed E-state index contributed by atoms with van der Waals surface area (Å²) in [5, 5.41) is -0.0365. The van der Waals surface area contributed by atoms with Gasteiger partial charge in [0.15, 0.2) is 10.9 Å². The van der Waals surface area contributed by atoms with Crippen LogP contribution in [-0.4, -0.2) is 15.6 Å². The molecule has 2 atom stereocenters. The zero-order chi connectivity index (χ0) is 10.9. The van der Waals surface area contributed by atoms with E-state index in [1.54, 1.807) is 19.9 Å². The van der Waals surface area contributed by atoms with Gasteiger partial charge in [0.05, 0.1) is 10.7 Å². The Labute approximate surface area is 88.4 Å². The summed E-state index contributed by atoms with van der Waals surface area (Å²) in [7, 11) is 0. The lowest BCUT2D eigenvalue weighted by atomic mass is 9.94. The van der Waals surface area contributed by atoms with Gasteiger partial charge in [-0.25, -0.2) is 0 Å². The summed E-state index contributed by atoms with van der Waals surface area (Å²) in [6, 6.07) is 0. The molecule has 0 saturated carbocycles. The van der Waals surface area contributed by atoms with E-state index in [1.807, 2.05) is 13.0 Å². The largest absolute Gasteiger partial charge is 0.297 e. The lowest BCUT2D eigenvalue weighted by Gasteiger charge is -2.15. The third-order valence-electron chi connectivity index (χ3n) is 2.37. The molecule has 0 spiro atoms. The van der Waals surface area contributed by atoms with Crippen molar-refractivity contribution >= 4 is 22.7 Å². The molecule has 1 rings (SSSR count). The van der Waals surface area contributed by atoms with E-state index < -0.39 is 10.7 Å². The first-order chi connectivity index (χ1) is 6.40. The minimum absolute atomic E-state index is 0.00583. The molecule has 1 unspecified atom stereocenters. The Morgan fingerprint density at radius 2 is 2.14 bits per heavy atom. The summed E-state index contributed by atoms with van der Waals surface area (Å²) >= 11 is 1.12. The molecule has 1 heterocycles. The van der Waals surface area contributed by atoms with Gasteiger partial charge < -0.3 is 0 Å². The van der Waals surface area contributed by atoms with Gasteiger partial charge in [-0.1, -0.05) is 36.1 Å². The Morgan fingerprint density at radius 1 is 1.57 bits per heavy atom. The maximum atomic E-state index is 11.8. The SMILES string of the molecule is C=C/C(C)=C/[C@]1(C)SC(=O)C(C)C1=O. The number of Topliss-reactive ketones (excluding diaryl/α,β-unsaturated/α-hetero) is 1. The fourth-order valence-corrected chi connectivity index (χ4v) is 2.70. The van der Waals surface area contributed by atoms with Gasteiger partial charge in [-0.05, 0) is 20.8 Å². The molecule has 3 heteroatoms.